The van der Waals surface area contributed by atoms with Gasteiger partial charge in [0.05, 0.1) is 19.4 Å². The summed E-state index contributed by atoms with van der Waals surface area (Å²) in [6.45, 7) is 4.64. The maximum absolute atomic E-state index is 11.7. The lowest BCUT2D eigenvalue weighted by Gasteiger charge is -2.21. The first-order valence-electron chi connectivity index (χ1n) is 6.50. The van der Waals surface area contributed by atoms with Gasteiger partial charge in [0, 0.05) is 0 Å². The fraction of sp³-hybridized carbons (Fsp3) is 0.643. The first kappa shape index (κ1) is 16.1. The molecule has 5 heteroatoms. The van der Waals surface area contributed by atoms with Crippen molar-refractivity contribution in [2.45, 2.75) is 38.6 Å². The molecule has 1 rings (SSSR count). The lowest BCUT2D eigenvalue weighted by Crippen LogP contribution is -2.42. The molecule has 4 nitrogen and oxygen atoms in total. The first-order chi connectivity index (χ1) is 9.12. The molecule has 0 aliphatic rings. The maximum Gasteiger partial charge on any atom is 0.323 e. The molecule has 108 valence electrons. The zero-order valence-corrected chi connectivity index (χ0v) is 12.9. The van der Waals surface area contributed by atoms with Crippen molar-refractivity contribution in [2.24, 2.45) is 5.92 Å². The average Bonchev–Trinajstić information content (AvgIpc) is 2.86. The highest BCUT2D eigenvalue weighted by Gasteiger charge is 2.24. The van der Waals surface area contributed by atoms with Gasteiger partial charge in [0.15, 0.2) is 0 Å². The number of esters is 1. The number of carbonyl (C=O) groups is 1. The van der Waals surface area contributed by atoms with E-state index in [4.69, 9.17) is 9.15 Å². The number of nitrogens with one attached hydrogen (secondary N) is 1. The van der Waals surface area contributed by atoms with Crippen LogP contribution in [0.15, 0.2) is 16.5 Å². The van der Waals surface area contributed by atoms with Crippen molar-refractivity contribution in [2.75, 3.05) is 13.4 Å². The van der Waals surface area contributed by atoms with E-state index in [1.54, 1.807) is 11.8 Å². The van der Waals surface area contributed by atoms with Crippen LogP contribution in [0.1, 0.15) is 31.8 Å². The number of carbonyl (C=O) groups excluding carboxylic acids is 1. The lowest BCUT2D eigenvalue weighted by atomic mass is 9.99. The molecule has 0 spiro atoms. The normalized spacial score (nSPS) is 14.1. The van der Waals surface area contributed by atoms with Crippen LogP contribution in [0.2, 0.25) is 0 Å². The smallest absolute Gasteiger partial charge is 0.323 e. The van der Waals surface area contributed by atoms with Crippen LogP contribution in [0.4, 0.5) is 0 Å². The Hall–Kier alpha value is -0.940. The topological polar surface area (TPSA) is 51.5 Å². The van der Waals surface area contributed by atoms with Crippen molar-refractivity contribution >= 4 is 17.7 Å². The summed E-state index contributed by atoms with van der Waals surface area (Å²) >= 11 is 1.72. The highest BCUT2D eigenvalue weighted by atomic mass is 32.2. The van der Waals surface area contributed by atoms with E-state index in [1.165, 1.54) is 7.11 Å². The van der Waals surface area contributed by atoms with Crippen molar-refractivity contribution in [1.82, 2.24) is 5.32 Å². The monoisotopic (exact) mass is 285 g/mol. The Labute approximate surface area is 119 Å². The predicted octanol–water partition coefficient (Wildman–Crippen LogP) is 2.82. The van der Waals surface area contributed by atoms with Crippen LogP contribution in [0, 0.1) is 5.92 Å². The van der Waals surface area contributed by atoms with Gasteiger partial charge in [0.2, 0.25) is 0 Å². The van der Waals surface area contributed by atoms with Gasteiger partial charge >= 0.3 is 5.97 Å². The molecule has 19 heavy (non-hydrogen) atoms. The van der Waals surface area contributed by atoms with Crippen molar-refractivity contribution in [3.05, 3.63) is 23.7 Å². The third kappa shape index (κ3) is 4.91. The number of methoxy groups -OCH3 is 1. The minimum absolute atomic E-state index is 0.217. The van der Waals surface area contributed by atoms with Crippen LogP contribution >= 0.6 is 11.8 Å². The van der Waals surface area contributed by atoms with Crippen molar-refractivity contribution in [3.8, 4) is 0 Å². The van der Waals surface area contributed by atoms with Crippen LogP contribution in [-0.4, -0.2) is 25.4 Å². The lowest BCUT2D eigenvalue weighted by molar-refractivity contribution is -0.144. The SMILES string of the molecule is CCC(C)C(NCc1ccc(CSC)o1)C(=O)OC. The summed E-state index contributed by atoms with van der Waals surface area (Å²) in [5, 5.41) is 3.22. The highest BCUT2D eigenvalue weighted by molar-refractivity contribution is 7.97. The van der Waals surface area contributed by atoms with Crippen molar-refractivity contribution in [1.29, 1.82) is 0 Å². The van der Waals surface area contributed by atoms with Gasteiger partial charge in [-0.05, 0) is 24.3 Å². The van der Waals surface area contributed by atoms with E-state index >= 15 is 0 Å². The van der Waals surface area contributed by atoms with Crippen LogP contribution in [0.3, 0.4) is 0 Å². The Kier molecular flexibility index (Phi) is 7.02. The Morgan fingerprint density at radius 1 is 1.47 bits per heavy atom. The molecule has 1 aromatic rings. The molecule has 0 fully saturated rings. The highest BCUT2D eigenvalue weighted by Crippen LogP contribution is 2.15. The fourth-order valence-corrected chi connectivity index (χ4v) is 2.27. The zero-order chi connectivity index (χ0) is 14.3. The van der Waals surface area contributed by atoms with E-state index in [0.29, 0.717) is 6.54 Å². The molecule has 1 N–H and O–H groups in total. The first-order valence-corrected chi connectivity index (χ1v) is 7.89. The van der Waals surface area contributed by atoms with Crippen LogP contribution in [-0.2, 0) is 21.8 Å². The molecular weight excluding hydrogens is 262 g/mol. The van der Waals surface area contributed by atoms with Crippen molar-refractivity contribution < 1.29 is 13.9 Å². The molecule has 0 aliphatic carbocycles. The standard InChI is InChI=1S/C14H23NO3S/c1-5-10(2)13(14(16)17-3)15-8-11-6-7-12(18-11)9-19-4/h6-7,10,13,15H,5,8-9H2,1-4H3. The second-order valence-corrected chi connectivity index (χ2v) is 5.43. The predicted molar refractivity (Wildman–Crippen MR) is 78.0 cm³/mol. The summed E-state index contributed by atoms with van der Waals surface area (Å²) in [5.41, 5.74) is 0. The maximum atomic E-state index is 11.7. The number of hydrogen-bond donors (Lipinski definition) is 1. The van der Waals surface area contributed by atoms with Crippen LogP contribution in [0.25, 0.3) is 0 Å². The van der Waals surface area contributed by atoms with Crippen LogP contribution in [0.5, 0.6) is 0 Å². The number of furan rings is 1. The molecule has 0 bridgehead atoms. The molecule has 0 aromatic carbocycles. The zero-order valence-electron chi connectivity index (χ0n) is 12.1. The average molecular weight is 285 g/mol. The minimum Gasteiger partial charge on any atom is -0.468 e. The van der Waals surface area contributed by atoms with Gasteiger partial charge in [0.25, 0.3) is 0 Å². The summed E-state index contributed by atoms with van der Waals surface area (Å²) < 4.78 is 10.5. The molecule has 0 saturated carbocycles. The summed E-state index contributed by atoms with van der Waals surface area (Å²) in [6.07, 6.45) is 2.96. The van der Waals surface area contributed by atoms with E-state index < -0.39 is 0 Å². The van der Waals surface area contributed by atoms with Crippen LogP contribution < -0.4 is 5.32 Å². The molecule has 2 unspecified atom stereocenters. The number of ether oxygens (including phenoxy) is 1. The van der Waals surface area contributed by atoms with E-state index in [2.05, 4.69) is 12.2 Å². The van der Waals surface area contributed by atoms with Crippen molar-refractivity contribution in [3.63, 3.8) is 0 Å². The van der Waals surface area contributed by atoms with Gasteiger partial charge in [-0.1, -0.05) is 20.3 Å². The second kappa shape index (κ2) is 8.27. The molecule has 0 radical (unpaired) electrons. The Morgan fingerprint density at radius 2 is 2.16 bits per heavy atom. The molecule has 0 saturated heterocycles. The molecule has 2 atom stereocenters. The molecule has 1 aromatic heterocycles. The third-order valence-electron chi connectivity index (χ3n) is 3.17. The Morgan fingerprint density at radius 3 is 2.74 bits per heavy atom. The largest absolute Gasteiger partial charge is 0.468 e. The summed E-state index contributed by atoms with van der Waals surface area (Å²) in [6, 6.07) is 3.64. The molecule has 0 amide bonds. The van der Waals surface area contributed by atoms with Gasteiger partial charge in [-0.3, -0.25) is 10.1 Å². The van der Waals surface area contributed by atoms with Gasteiger partial charge in [-0.25, -0.2) is 0 Å². The number of thioether (sulfide) groups is 1. The minimum atomic E-state index is -0.288. The summed E-state index contributed by atoms with van der Waals surface area (Å²) in [4.78, 5) is 11.7. The fourth-order valence-electron chi connectivity index (χ4n) is 1.83. The van der Waals surface area contributed by atoms with E-state index in [-0.39, 0.29) is 17.9 Å². The Bertz CT molecular complexity index is 392. The summed E-state index contributed by atoms with van der Waals surface area (Å²) in [5.74, 6) is 2.69. The quantitative estimate of drug-likeness (QED) is 0.744. The number of rotatable bonds is 8. The van der Waals surface area contributed by atoms with Gasteiger partial charge in [0.1, 0.15) is 17.6 Å². The second-order valence-electron chi connectivity index (χ2n) is 4.57. The molecular formula is C14H23NO3S. The van der Waals surface area contributed by atoms with E-state index in [0.717, 1.165) is 23.7 Å². The van der Waals surface area contributed by atoms with E-state index in [1.807, 2.05) is 25.3 Å². The number of hydrogen-bond acceptors (Lipinski definition) is 5. The third-order valence-corrected chi connectivity index (χ3v) is 3.74. The van der Waals surface area contributed by atoms with Gasteiger partial charge in [-0.15, -0.1) is 0 Å². The Balaban J connectivity index is 2.57. The summed E-state index contributed by atoms with van der Waals surface area (Å²) in [7, 11) is 1.42. The molecule has 1 heterocycles. The van der Waals surface area contributed by atoms with E-state index in [9.17, 15) is 4.79 Å². The molecule has 0 aliphatic heterocycles. The van der Waals surface area contributed by atoms with Gasteiger partial charge < -0.3 is 9.15 Å². The van der Waals surface area contributed by atoms with Gasteiger partial charge in [-0.2, -0.15) is 11.8 Å².